The number of benzene rings is 1. The Morgan fingerprint density at radius 3 is 2.46 bits per heavy atom. The first kappa shape index (κ1) is 17.7. The van der Waals surface area contributed by atoms with Crippen LogP contribution in [-0.4, -0.2) is 42.5 Å². The van der Waals surface area contributed by atoms with Crippen molar-refractivity contribution >= 4 is 11.8 Å². The molecule has 1 aromatic heterocycles. The molecule has 24 heavy (non-hydrogen) atoms. The zero-order valence-electron chi connectivity index (χ0n) is 14.3. The molecule has 6 heteroatoms. The summed E-state index contributed by atoms with van der Waals surface area (Å²) in [4.78, 5) is 25.7. The Morgan fingerprint density at radius 1 is 1.21 bits per heavy atom. The normalized spacial score (nSPS) is 13.2. The van der Waals surface area contributed by atoms with Gasteiger partial charge in [-0.15, -0.1) is 0 Å². The van der Waals surface area contributed by atoms with E-state index in [4.69, 9.17) is 4.42 Å². The lowest BCUT2D eigenvalue weighted by atomic mass is 10.0. The molecule has 2 amide bonds. The Balaban J connectivity index is 2.07. The lowest BCUT2D eigenvalue weighted by Crippen LogP contribution is -2.38. The summed E-state index contributed by atoms with van der Waals surface area (Å²) < 4.78 is 5.41. The molecule has 0 saturated carbocycles. The average molecular weight is 330 g/mol. The van der Waals surface area contributed by atoms with Gasteiger partial charge in [0.15, 0.2) is 0 Å². The van der Waals surface area contributed by atoms with Crippen molar-refractivity contribution in [1.29, 1.82) is 0 Å². The fourth-order valence-corrected chi connectivity index (χ4v) is 2.22. The SMILES string of the molecule is Cc1ccc(C(C)(O)CNC(=O)c2cccc(C(=O)N(C)C)c2)o1. The van der Waals surface area contributed by atoms with Crippen molar-refractivity contribution in [3.05, 3.63) is 59.0 Å². The van der Waals surface area contributed by atoms with Crippen LogP contribution in [0.5, 0.6) is 0 Å². The van der Waals surface area contributed by atoms with Crippen molar-refractivity contribution in [2.24, 2.45) is 0 Å². The molecule has 128 valence electrons. The molecule has 1 atom stereocenters. The quantitative estimate of drug-likeness (QED) is 0.877. The minimum absolute atomic E-state index is 0.00928. The number of hydrogen-bond donors (Lipinski definition) is 2. The van der Waals surface area contributed by atoms with Crippen LogP contribution in [0, 0.1) is 6.92 Å². The summed E-state index contributed by atoms with van der Waals surface area (Å²) in [5.74, 6) is 0.526. The topological polar surface area (TPSA) is 82.8 Å². The molecule has 0 saturated heterocycles. The van der Waals surface area contributed by atoms with Crippen LogP contribution in [0.1, 0.15) is 39.2 Å². The van der Waals surface area contributed by atoms with E-state index in [2.05, 4.69) is 5.32 Å². The number of carbonyl (C=O) groups is 2. The minimum Gasteiger partial charge on any atom is -0.463 e. The number of aryl methyl sites for hydroxylation is 1. The Kier molecular flexibility index (Phi) is 5.09. The summed E-state index contributed by atoms with van der Waals surface area (Å²) in [7, 11) is 3.30. The number of furan rings is 1. The van der Waals surface area contributed by atoms with Gasteiger partial charge in [0, 0.05) is 25.2 Å². The lowest BCUT2D eigenvalue weighted by Gasteiger charge is -2.21. The first-order valence-electron chi connectivity index (χ1n) is 7.60. The molecule has 2 rings (SSSR count). The van der Waals surface area contributed by atoms with E-state index in [1.165, 1.54) is 11.0 Å². The molecular formula is C18H22N2O4. The van der Waals surface area contributed by atoms with Crippen molar-refractivity contribution in [3.8, 4) is 0 Å². The summed E-state index contributed by atoms with van der Waals surface area (Å²) in [5.41, 5.74) is -0.531. The molecule has 0 aliphatic heterocycles. The van der Waals surface area contributed by atoms with Crippen LogP contribution in [0.25, 0.3) is 0 Å². The predicted molar refractivity (Wildman–Crippen MR) is 89.8 cm³/mol. The van der Waals surface area contributed by atoms with Crippen LogP contribution in [-0.2, 0) is 5.60 Å². The van der Waals surface area contributed by atoms with Gasteiger partial charge in [-0.05, 0) is 44.2 Å². The van der Waals surface area contributed by atoms with Crippen LogP contribution >= 0.6 is 0 Å². The highest BCUT2D eigenvalue weighted by Gasteiger charge is 2.27. The largest absolute Gasteiger partial charge is 0.463 e. The van der Waals surface area contributed by atoms with Crippen LogP contribution in [0.2, 0.25) is 0 Å². The summed E-state index contributed by atoms with van der Waals surface area (Å²) in [6, 6.07) is 9.89. The third kappa shape index (κ3) is 4.02. The minimum atomic E-state index is -1.32. The fourth-order valence-electron chi connectivity index (χ4n) is 2.22. The molecule has 0 aliphatic carbocycles. The van der Waals surface area contributed by atoms with Gasteiger partial charge in [-0.3, -0.25) is 9.59 Å². The fraction of sp³-hybridized carbons (Fsp3) is 0.333. The summed E-state index contributed by atoms with van der Waals surface area (Å²) in [6.45, 7) is 3.34. The lowest BCUT2D eigenvalue weighted by molar-refractivity contribution is 0.0323. The maximum absolute atomic E-state index is 12.3. The molecule has 2 N–H and O–H groups in total. The van der Waals surface area contributed by atoms with Crippen molar-refractivity contribution in [1.82, 2.24) is 10.2 Å². The third-order valence-corrected chi connectivity index (χ3v) is 3.64. The monoisotopic (exact) mass is 330 g/mol. The molecule has 6 nitrogen and oxygen atoms in total. The van der Waals surface area contributed by atoms with E-state index in [0.717, 1.165) is 0 Å². The number of aliphatic hydroxyl groups is 1. The van der Waals surface area contributed by atoms with Crippen molar-refractivity contribution < 1.29 is 19.1 Å². The highest BCUT2D eigenvalue weighted by molar-refractivity contribution is 5.99. The number of nitrogens with zero attached hydrogens (tertiary/aromatic N) is 1. The van der Waals surface area contributed by atoms with E-state index in [-0.39, 0.29) is 18.4 Å². The van der Waals surface area contributed by atoms with Gasteiger partial charge in [0.05, 0.1) is 6.54 Å². The van der Waals surface area contributed by atoms with Gasteiger partial charge in [0.2, 0.25) is 0 Å². The zero-order valence-corrected chi connectivity index (χ0v) is 14.3. The third-order valence-electron chi connectivity index (χ3n) is 3.64. The molecule has 0 fully saturated rings. The zero-order chi connectivity index (χ0) is 17.9. The maximum atomic E-state index is 12.3. The van der Waals surface area contributed by atoms with E-state index in [1.807, 2.05) is 0 Å². The van der Waals surface area contributed by atoms with E-state index in [0.29, 0.717) is 22.6 Å². The number of amides is 2. The van der Waals surface area contributed by atoms with Gasteiger partial charge < -0.3 is 19.7 Å². The van der Waals surface area contributed by atoms with Gasteiger partial charge in [0.1, 0.15) is 17.1 Å². The number of carbonyl (C=O) groups excluding carboxylic acids is 2. The van der Waals surface area contributed by atoms with Crippen molar-refractivity contribution in [3.63, 3.8) is 0 Å². The molecule has 0 bridgehead atoms. The first-order valence-corrected chi connectivity index (χ1v) is 7.60. The van der Waals surface area contributed by atoms with Crippen LogP contribution in [0.4, 0.5) is 0 Å². The van der Waals surface area contributed by atoms with Crippen LogP contribution in [0.15, 0.2) is 40.8 Å². The van der Waals surface area contributed by atoms with Crippen LogP contribution < -0.4 is 5.32 Å². The second kappa shape index (κ2) is 6.88. The van der Waals surface area contributed by atoms with Crippen LogP contribution in [0.3, 0.4) is 0 Å². The Bertz CT molecular complexity index is 747. The van der Waals surface area contributed by atoms with E-state index < -0.39 is 5.60 Å². The van der Waals surface area contributed by atoms with Crippen molar-refractivity contribution in [2.45, 2.75) is 19.4 Å². The molecule has 0 radical (unpaired) electrons. The highest BCUT2D eigenvalue weighted by Crippen LogP contribution is 2.22. The molecule has 1 unspecified atom stereocenters. The highest BCUT2D eigenvalue weighted by atomic mass is 16.4. The number of rotatable bonds is 5. The standard InChI is InChI=1S/C18H22N2O4/c1-12-8-9-15(24-12)18(2,23)11-19-16(21)13-6-5-7-14(10-13)17(22)20(3)4/h5-10,23H,11H2,1-4H3,(H,19,21). The molecule has 2 aromatic rings. The number of nitrogens with one attached hydrogen (secondary N) is 1. The summed E-state index contributed by atoms with van der Waals surface area (Å²) >= 11 is 0. The number of hydrogen-bond acceptors (Lipinski definition) is 4. The molecular weight excluding hydrogens is 308 g/mol. The maximum Gasteiger partial charge on any atom is 0.253 e. The molecule has 0 aliphatic rings. The van der Waals surface area contributed by atoms with Gasteiger partial charge in [-0.1, -0.05) is 6.07 Å². The Hall–Kier alpha value is -2.60. The summed E-state index contributed by atoms with van der Waals surface area (Å²) in [6.07, 6.45) is 0. The summed E-state index contributed by atoms with van der Waals surface area (Å²) in [5, 5.41) is 13.1. The Morgan fingerprint density at radius 2 is 1.88 bits per heavy atom. The predicted octanol–water partition coefficient (Wildman–Crippen LogP) is 1.93. The van der Waals surface area contributed by atoms with E-state index >= 15 is 0 Å². The van der Waals surface area contributed by atoms with Crippen molar-refractivity contribution in [2.75, 3.05) is 20.6 Å². The molecule has 1 heterocycles. The molecule has 0 spiro atoms. The van der Waals surface area contributed by atoms with Gasteiger partial charge in [0.25, 0.3) is 11.8 Å². The van der Waals surface area contributed by atoms with Gasteiger partial charge in [-0.2, -0.15) is 0 Å². The van der Waals surface area contributed by atoms with Gasteiger partial charge >= 0.3 is 0 Å². The smallest absolute Gasteiger partial charge is 0.253 e. The average Bonchev–Trinajstić information content (AvgIpc) is 2.99. The van der Waals surface area contributed by atoms with E-state index in [1.54, 1.807) is 58.3 Å². The first-order chi connectivity index (χ1) is 11.2. The molecule has 1 aromatic carbocycles. The second-order valence-electron chi connectivity index (χ2n) is 6.15. The van der Waals surface area contributed by atoms with Gasteiger partial charge in [-0.25, -0.2) is 0 Å². The second-order valence-corrected chi connectivity index (χ2v) is 6.15. The van der Waals surface area contributed by atoms with E-state index in [9.17, 15) is 14.7 Å². The Labute approximate surface area is 141 Å².